The first-order chi connectivity index (χ1) is 11.7. The van der Waals surface area contributed by atoms with Gasteiger partial charge in [0.25, 0.3) is 0 Å². The van der Waals surface area contributed by atoms with Crippen molar-refractivity contribution in [2.45, 2.75) is 32.5 Å². The number of alkyl halides is 3. The van der Waals surface area contributed by atoms with E-state index in [0.717, 1.165) is 0 Å². The summed E-state index contributed by atoms with van der Waals surface area (Å²) in [6, 6.07) is 1.53. The minimum absolute atomic E-state index is 0.205. The Kier molecular flexibility index (Phi) is 6.49. The maximum atomic E-state index is 11.2. The smallest absolute Gasteiger partial charge is 0.478 e. The average molecular weight is 395 g/mol. The van der Waals surface area contributed by atoms with Crippen LogP contribution in [-0.4, -0.2) is 55.5 Å². The fraction of sp³-hybridized carbons (Fsp3) is 0.429. The molecule has 2 rings (SSSR count). The highest BCUT2D eigenvalue weighted by Gasteiger charge is 2.38. The van der Waals surface area contributed by atoms with E-state index in [-0.39, 0.29) is 5.56 Å². The number of pyridine rings is 1. The molecule has 2 aromatic heterocycles. The van der Waals surface area contributed by atoms with Crippen LogP contribution in [-0.2, 0) is 4.79 Å². The number of carboxylic acid groups (broad SMARTS) is 2. The molecule has 0 saturated carbocycles. The molecule has 0 aliphatic heterocycles. The molecule has 26 heavy (non-hydrogen) atoms. The maximum absolute atomic E-state index is 11.2. The summed E-state index contributed by atoms with van der Waals surface area (Å²) >= 11 is 1.22. The van der Waals surface area contributed by atoms with Gasteiger partial charge < -0.3 is 20.6 Å². The number of thiazole rings is 1. The topological polar surface area (TPSA) is 133 Å². The van der Waals surface area contributed by atoms with Crippen molar-refractivity contribution in [1.82, 2.24) is 9.97 Å². The van der Waals surface area contributed by atoms with Crippen molar-refractivity contribution in [3.63, 3.8) is 0 Å². The zero-order valence-corrected chi connectivity index (χ0v) is 14.7. The van der Waals surface area contributed by atoms with Gasteiger partial charge in [-0.25, -0.2) is 19.6 Å². The van der Waals surface area contributed by atoms with E-state index in [1.165, 1.54) is 17.4 Å². The van der Waals surface area contributed by atoms with Crippen LogP contribution in [0.5, 0.6) is 0 Å². The first kappa shape index (κ1) is 21.6. The first-order valence-electron chi connectivity index (χ1n) is 6.98. The van der Waals surface area contributed by atoms with Crippen LogP contribution in [0.2, 0.25) is 0 Å². The van der Waals surface area contributed by atoms with Gasteiger partial charge in [0.2, 0.25) is 0 Å². The lowest BCUT2D eigenvalue weighted by Gasteiger charge is -2.16. The van der Waals surface area contributed by atoms with Gasteiger partial charge in [-0.2, -0.15) is 13.2 Å². The monoisotopic (exact) mass is 395 g/mol. The molecule has 8 nitrogen and oxygen atoms in total. The highest BCUT2D eigenvalue weighted by atomic mass is 32.1. The van der Waals surface area contributed by atoms with Gasteiger partial charge in [-0.05, 0) is 26.8 Å². The predicted molar refractivity (Wildman–Crippen MR) is 87.6 cm³/mol. The number of halogens is 3. The first-order valence-corrected chi connectivity index (χ1v) is 7.80. The highest BCUT2D eigenvalue weighted by molar-refractivity contribution is 7.22. The number of aliphatic hydroxyl groups is 1. The fourth-order valence-electron chi connectivity index (χ4n) is 1.56. The molecule has 0 fully saturated rings. The Labute approximate surface area is 149 Å². The number of carbonyl (C=O) groups is 2. The third-order valence-corrected chi connectivity index (χ3v) is 3.67. The van der Waals surface area contributed by atoms with Crippen LogP contribution < -0.4 is 5.32 Å². The second kappa shape index (κ2) is 7.83. The van der Waals surface area contributed by atoms with Gasteiger partial charge in [-0.3, -0.25) is 0 Å². The molecule has 0 radical (unpaired) electrons. The standard InChI is InChI=1S/C12H15N3O3S.C2HF3O2/c1-6-4-7(10(16)17)8-9(14-6)15-11(19-8)13-5-12(2,3)18;3-2(4,5)1(6)7/h4,18H,5H2,1-3H3,(H,16,17)(H,13,14,15);(H,6,7). The third-order valence-electron chi connectivity index (χ3n) is 2.63. The van der Waals surface area contributed by atoms with Crippen molar-refractivity contribution >= 4 is 38.8 Å². The van der Waals surface area contributed by atoms with E-state index in [9.17, 15) is 23.1 Å². The number of aromatic carboxylic acids is 1. The van der Waals surface area contributed by atoms with Crippen LogP contribution in [0.4, 0.5) is 18.3 Å². The van der Waals surface area contributed by atoms with Crippen LogP contribution in [0.1, 0.15) is 29.9 Å². The highest BCUT2D eigenvalue weighted by Crippen LogP contribution is 2.28. The van der Waals surface area contributed by atoms with Gasteiger partial charge in [0.05, 0.1) is 15.9 Å². The van der Waals surface area contributed by atoms with Crippen LogP contribution in [0.3, 0.4) is 0 Å². The normalized spacial score (nSPS) is 11.7. The maximum Gasteiger partial charge on any atom is 0.490 e. The van der Waals surface area contributed by atoms with Crippen molar-refractivity contribution in [3.05, 3.63) is 17.3 Å². The lowest BCUT2D eigenvalue weighted by Crippen LogP contribution is -2.29. The number of nitrogens with zero attached hydrogens (tertiary/aromatic N) is 2. The molecule has 0 spiro atoms. The number of rotatable bonds is 4. The van der Waals surface area contributed by atoms with E-state index in [4.69, 9.17) is 15.0 Å². The fourth-order valence-corrected chi connectivity index (χ4v) is 2.47. The number of hydrogen-bond donors (Lipinski definition) is 4. The number of aromatic nitrogens is 2. The molecule has 144 valence electrons. The van der Waals surface area contributed by atoms with E-state index in [1.807, 2.05) is 0 Å². The quantitative estimate of drug-likeness (QED) is 0.621. The molecule has 0 aromatic carbocycles. The average Bonchev–Trinajstić information content (AvgIpc) is 2.85. The van der Waals surface area contributed by atoms with Gasteiger partial charge in [0, 0.05) is 12.2 Å². The Morgan fingerprint density at radius 1 is 1.23 bits per heavy atom. The molecule has 0 amide bonds. The van der Waals surface area contributed by atoms with Crippen molar-refractivity contribution in [2.75, 3.05) is 11.9 Å². The van der Waals surface area contributed by atoms with Gasteiger partial charge in [-0.15, -0.1) is 0 Å². The molecule has 2 aromatic rings. The summed E-state index contributed by atoms with van der Waals surface area (Å²) in [5.41, 5.74) is 0.373. The molecular weight excluding hydrogens is 379 g/mol. The van der Waals surface area contributed by atoms with Gasteiger partial charge in [0.1, 0.15) is 0 Å². The third kappa shape index (κ3) is 6.44. The van der Waals surface area contributed by atoms with Gasteiger partial charge in [-0.1, -0.05) is 11.3 Å². The zero-order valence-electron chi connectivity index (χ0n) is 13.9. The van der Waals surface area contributed by atoms with E-state index in [2.05, 4.69) is 15.3 Å². The molecule has 0 unspecified atom stereocenters. The second-order valence-corrected chi connectivity index (χ2v) is 6.76. The number of nitrogens with one attached hydrogen (secondary N) is 1. The number of anilines is 1. The molecule has 0 aliphatic carbocycles. The van der Waals surface area contributed by atoms with E-state index in [0.29, 0.717) is 27.7 Å². The number of carboxylic acids is 2. The Bertz CT molecular complexity index is 814. The lowest BCUT2D eigenvalue weighted by atomic mass is 10.1. The summed E-state index contributed by atoms with van der Waals surface area (Å²) in [5, 5.41) is 29.5. The molecule has 2 heterocycles. The molecule has 0 saturated heterocycles. The van der Waals surface area contributed by atoms with Crippen molar-refractivity contribution in [2.24, 2.45) is 0 Å². The van der Waals surface area contributed by atoms with Crippen LogP contribution in [0, 0.1) is 6.92 Å². The number of aliphatic carboxylic acids is 1. The molecule has 0 aliphatic rings. The minimum atomic E-state index is -5.08. The number of hydrogen-bond acceptors (Lipinski definition) is 7. The lowest BCUT2D eigenvalue weighted by molar-refractivity contribution is -0.192. The van der Waals surface area contributed by atoms with Crippen LogP contribution in [0.15, 0.2) is 6.07 Å². The van der Waals surface area contributed by atoms with Crippen LogP contribution in [0.25, 0.3) is 10.3 Å². The van der Waals surface area contributed by atoms with Crippen molar-refractivity contribution in [1.29, 1.82) is 0 Å². The van der Waals surface area contributed by atoms with E-state index < -0.39 is 23.7 Å². The second-order valence-electron chi connectivity index (χ2n) is 5.76. The predicted octanol–water partition coefficient (Wildman–Crippen LogP) is 2.51. The number of fused-ring (bicyclic) bond motifs is 1. The van der Waals surface area contributed by atoms with E-state index >= 15 is 0 Å². The molecule has 12 heteroatoms. The Hall–Kier alpha value is -2.47. The summed E-state index contributed by atoms with van der Waals surface area (Å²) in [6.07, 6.45) is -5.08. The summed E-state index contributed by atoms with van der Waals surface area (Å²) in [5.74, 6) is -3.75. The molecule has 4 N–H and O–H groups in total. The number of aryl methyl sites for hydroxylation is 1. The molecule has 0 atom stereocenters. The summed E-state index contributed by atoms with van der Waals surface area (Å²) < 4.78 is 32.3. The Balaban J connectivity index is 0.000000412. The summed E-state index contributed by atoms with van der Waals surface area (Å²) in [4.78, 5) is 28.5. The summed E-state index contributed by atoms with van der Waals surface area (Å²) in [7, 11) is 0. The SMILES string of the molecule is Cc1cc(C(=O)O)c2sc(NCC(C)(C)O)nc2n1.O=C(O)C(F)(F)F. The van der Waals surface area contributed by atoms with E-state index in [1.54, 1.807) is 20.8 Å². The van der Waals surface area contributed by atoms with Crippen LogP contribution >= 0.6 is 11.3 Å². The zero-order chi connectivity index (χ0) is 20.3. The minimum Gasteiger partial charge on any atom is -0.478 e. The van der Waals surface area contributed by atoms with Gasteiger partial charge >= 0.3 is 18.1 Å². The van der Waals surface area contributed by atoms with Gasteiger partial charge in [0.15, 0.2) is 10.8 Å². The molecular formula is C14H16F3N3O5S. The van der Waals surface area contributed by atoms with Crippen molar-refractivity contribution < 1.29 is 38.1 Å². The van der Waals surface area contributed by atoms with Crippen molar-refractivity contribution in [3.8, 4) is 0 Å². The largest absolute Gasteiger partial charge is 0.490 e. The summed E-state index contributed by atoms with van der Waals surface area (Å²) in [6.45, 7) is 5.42. The Morgan fingerprint density at radius 3 is 2.19 bits per heavy atom. The Morgan fingerprint density at radius 2 is 1.77 bits per heavy atom. The molecule has 0 bridgehead atoms.